The summed E-state index contributed by atoms with van der Waals surface area (Å²) in [6, 6.07) is 4.13. The molecule has 2 aromatic heterocycles. The molecule has 0 amide bonds. The third-order valence-corrected chi connectivity index (χ3v) is 5.21. The monoisotopic (exact) mass is 544 g/mol. The van der Waals surface area contributed by atoms with Crippen molar-refractivity contribution in [1.82, 2.24) is 19.4 Å². The van der Waals surface area contributed by atoms with E-state index in [1.807, 2.05) is 19.2 Å². The van der Waals surface area contributed by atoms with E-state index in [2.05, 4.69) is 45.5 Å². The number of alkyl halides is 6. The fraction of sp³-hybridized carbons (Fsp3) is 0.591. The molecule has 2 aromatic rings. The molecule has 1 unspecified atom stereocenters. The molecule has 0 saturated carbocycles. The maximum atomic E-state index is 10.6. The highest BCUT2D eigenvalue weighted by atomic mass is 19.4. The largest absolute Gasteiger partial charge is 0.490 e. The third-order valence-electron chi connectivity index (χ3n) is 5.21. The molecule has 1 aliphatic rings. The smallest absolute Gasteiger partial charge is 0.475 e. The maximum Gasteiger partial charge on any atom is 0.490 e. The standard InChI is InChI=1S/C18H28N4O.2C2HF3O2/c1-4-20(5-2)10-16-11-21(13-17-7-6-15(3)23-17)14-18-19-8-9-22(18)12-16;2*3-2(4,5)1(6)7/h6-9,16H,4-5,10-14H2,1-3H3;2*(H,6,7). The zero-order valence-corrected chi connectivity index (χ0v) is 20.5. The minimum Gasteiger partial charge on any atom is -0.475 e. The highest BCUT2D eigenvalue weighted by Crippen LogP contribution is 2.20. The quantitative estimate of drug-likeness (QED) is 0.525. The average Bonchev–Trinajstić information content (AvgIpc) is 3.35. The van der Waals surface area contributed by atoms with Crippen molar-refractivity contribution < 1.29 is 50.6 Å². The minimum atomic E-state index is -5.08. The van der Waals surface area contributed by atoms with Crippen LogP contribution in [0.2, 0.25) is 0 Å². The second-order valence-electron chi connectivity index (χ2n) is 8.14. The topological polar surface area (TPSA) is 112 Å². The summed E-state index contributed by atoms with van der Waals surface area (Å²) in [4.78, 5) is 27.3. The first-order chi connectivity index (χ1) is 17.1. The number of carboxylic acid groups (broad SMARTS) is 2. The van der Waals surface area contributed by atoms with Crippen LogP contribution in [0.5, 0.6) is 0 Å². The number of aliphatic carboxylic acids is 2. The number of aromatic nitrogens is 2. The van der Waals surface area contributed by atoms with Crippen LogP contribution in [-0.2, 0) is 29.2 Å². The van der Waals surface area contributed by atoms with Crippen molar-refractivity contribution in [2.45, 2.75) is 52.8 Å². The van der Waals surface area contributed by atoms with E-state index in [0.717, 1.165) is 63.2 Å². The molecule has 0 aliphatic carbocycles. The van der Waals surface area contributed by atoms with Crippen molar-refractivity contribution in [3.8, 4) is 0 Å². The molecule has 1 aliphatic heterocycles. The van der Waals surface area contributed by atoms with Gasteiger partial charge < -0.3 is 24.1 Å². The Hall–Kier alpha value is -3.07. The molecule has 0 radical (unpaired) electrons. The number of nitrogens with zero attached hydrogens (tertiary/aromatic N) is 4. The number of hydrogen-bond donors (Lipinski definition) is 2. The van der Waals surface area contributed by atoms with E-state index in [0.29, 0.717) is 5.92 Å². The molecule has 3 rings (SSSR count). The normalized spacial score (nSPS) is 16.1. The summed E-state index contributed by atoms with van der Waals surface area (Å²) in [6.45, 7) is 13.7. The summed E-state index contributed by atoms with van der Waals surface area (Å²) < 4.78 is 71.6. The molecule has 0 aromatic carbocycles. The summed E-state index contributed by atoms with van der Waals surface area (Å²) >= 11 is 0. The van der Waals surface area contributed by atoms with Crippen molar-refractivity contribution >= 4 is 11.9 Å². The number of fused-ring (bicyclic) bond motifs is 1. The van der Waals surface area contributed by atoms with Crippen LogP contribution in [0, 0.1) is 12.8 Å². The van der Waals surface area contributed by atoms with Gasteiger partial charge in [0.25, 0.3) is 0 Å². The minimum absolute atomic E-state index is 0.612. The van der Waals surface area contributed by atoms with Crippen LogP contribution in [0.4, 0.5) is 26.3 Å². The lowest BCUT2D eigenvalue weighted by Gasteiger charge is -2.27. The summed E-state index contributed by atoms with van der Waals surface area (Å²) in [6.07, 6.45) is -6.13. The van der Waals surface area contributed by atoms with E-state index in [-0.39, 0.29) is 0 Å². The molecule has 1 atom stereocenters. The van der Waals surface area contributed by atoms with Crippen LogP contribution < -0.4 is 0 Å². The van der Waals surface area contributed by atoms with Crippen LogP contribution >= 0.6 is 0 Å². The Kier molecular flexibility index (Phi) is 12.1. The molecule has 0 spiro atoms. The number of halogens is 6. The lowest BCUT2D eigenvalue weighted by atomic mass is 10.1. The highest BCUT2D eigenvalue weighted by Gasteiger charge is 2.38. The summed E-state index contributed by atoms with van der Waals surface area (Å²) in [5, 5.41) is 14.2. The first-order valence-electron chi connectivity index (χ1n) is 11.2. The van der Waals surface area contributed by atoms with Crippen molar-refractivity contribution in [1.29, 1.82) is 0 Å². The van der Waals surface area contributed by atoms with E-state index in [1.165, 1.54) is 0 Å². The van der Waals surface area contributed by atoms with Crippen LogP contribution in [0.3, 0.4) is 0 Å². The fourth-order valence-corrected chi connectivity index (χ4v) is 3.50. The molecule has 210 valence electrons. The Morgan fingerprint density at radius 1 is 1.05 bits per heavy atom. The first-order valence-corrected chi connectivity index (χ1v) is 11.2. The third kappa shape index (κ3) is 11.7. The van der Waals surface area contributed by atoms with Gasteiger partial charge >= 0.3 is 24.3 Å². The average molecular weight is 544 g/mol. The predicted octanol–water partition coefficient (Wildman–Crippen LogP) is 4.02. The zero-order valence-electron chi connectivity index (χ0n) is 20.5. The van der Waals surface area contributed by atoms with Gasteiger partial charge in [0.15, 0.2) is 0 Å². The van der Waals surface area contributed by atoms with Gasteiger partial charge in [-0.05, 0) is 32.1 Å². The van der Waals surface area contributed by atoms with Crippen LogP contribution in [0.25, 0.3) is 0 Å². The molecular formula is C22H30F6N4O5. The van der Waals surface area contributed by atoms with E-state index in [1.54, 1.807) is 0 Å². The number of hydrogen-bond acceptors (Lipinski definition) is 6. The lowest BCUT2D eigenvalue weighted by molar-refractivity contribution is -0.193. The summed E-state index contributed by atoms with van der Waals surface area (Å²) in [5.74, 6) is -1.71. The van der Waals surface area contributed by atoms with Gasteiger partial charge in [0.05, 0.1) is 13.1 Å². The number of furan rings is 1. The van der Waals surface area contributed by atoms with Crippen LogP contribution in [0.15, 0.2) is 28.9 Å². The van der Waals surface area contributed by atoms with Crippen LogP contribution in [-0.4, -0.2) is 80.0 Å². The predicted molar refractivity (Wildman–Crippen MR) is 118 cm³/mol. The molecule has 15 heteroatoms. The van der Waals surface area contributed by atoms with Gasteiger partial charge in [-0.3, -0.25) is 4.90 Å². The molecule has 3 heterocycles. The molecule has 2 N–H and O–H groups in total. The molecule has 0 saturated heterocycles. The molecule has 0 fully saturated rings. The summed E-state index contributed by atoms with van der Waals surface area (Å²) in [7, 11) is 0. The van der Waals surface area contributed by atoms with Gasteiger partial charge in [-0.1, -0.05) is 13.8 Å². The van der Waals surface area contributed by atoms with Crippen molar-refractivity contribution in [3.63, 3.8) is 0 Å². The van der Waals surface area contributed by atoms with Crippen molar-refractivity contribution in [3.05, 3.63) is 41.9 Å². The number of imidazole rings is 1. The van der Waals surface area contributed by atoms with Gasteiger partial charge in [-0.2, -0.15) is 26.3 Å². The van der Waals surface area contributed by atoms with Crippen molar-refractivity contribution in [2.24, 2.45) is 5.92 Å². The number of rotatable bonds is 6. The van der Waals surface area contributed by atoms with E-state index < -0.39 is 24.3 Å². The van der Waals surface area contributed by atoms with Crippen molar-refractivity contribution in [2.75, 3.05) is 26.2 Å². The Balaban J connectivity index is 0.000000404. The van der Waals surface area contributed by atoms with E-state index >= 15 is 0 Å². The highest BCUT2D eigenvalue weighted by molar-refractivity contribution is 5.73. The second kappa shape index (κ2) is 14.0. The molecular weight excluding hydrogens is 514 g/mol. The molecule has 37 heavy (non-hydrogen) atoms. The Bertz CT molecular complexity index is 961. The van der Waals surface area contributed by atoms with Crippen LogP contribution in [0.1, 0.15) is 31.2 Å². The number of carbonyl (C=O) groups is 2. The Morgan fingerprint density at radius 2 is 1.59 bits per heavy atom. The molecule has 0 bridgehead atoms. The Labute approximate surface area is 209 Å². The molecule has 9 nitrogen and oxygen atoms in total. The van der Waals surface area contributed by atoms with E-state index in [9.17, 15) is 26.3 Å². The SMILES string of the molecule is CCN(CC)CC1CN(Cc2ccc(C)o2)Cc2nccn2C1.O=C(O)C(F)(F)F.O=C(O)C(F)(F)F. The van der Waals surface area contributed by atoms with Gasteiger partial charge in [0.1, 0.15) is 17.3 Å². The lowest BCUT2D eigenvalue weighted by Crippen LogP contribution is -2.36. The maximum absolute atomic E-state index is 10.6. The van der Waals surface area contributed by atoms with E-state index in [4.69, 9.17) is 24.2 Å². The summed E-state index contributed by atoms with van der Waals surface area (Å²) in [5.41, 5.74) is 0. The van der Waals surface area contributed by atoms with Gasteiger partial charge in [-0.15, -0.1) is 0 Å². The fourth-order valence-electron chi connectivity index (χ4n) is 3.50. The Morgan fingerprint density at radius 3 is 2.03 bits per heavy atom. The number of carboxylic acids is 2. The van der Waals surface area contributed by atoms with Gasteiger partial charge in [-0.25, -0.2) is 14.6 Å². The van der Waals surface area contributed by atoms with Gasteiger partial charge in [0, 0.05) is 37.9 Å². The zero-order chi connectivity index (χ0) is 28.4. The number of aryl methyl sites for hydroxylation is 1. The first kappa shape index (κ1) is 32.0. The second-order valence-corrected chi connectivity index (χ2v) is 8.14. The van der Waals surface area contributed by atoms with Gasteiger partial charge in [0.2, 0.25) is 0 Å².